The Morgan fingerprint density at radius 1 is 1.12 bits per heavy atom. The second kappa shape index (κ2) is 6.20. The van der Waals surface area contributed by atoms with E-state index in [1.807, 2.05) is 30.3 Å². The van der Waals surface area contributed by atoms with E-state index in [1.165, 1.54) is 0 Å². The summed E-state index contributed by atoms with van der Waals surface area (Å²) < 4.78 is 40.0. The fourth-order valence-electron chi connectivity index (χ4n) is 2.42. The minimum atomic E-state index is -4.50. The van der Waals surface area contributed by atoms with Crippen LogP contribution in [0.4, 0.5) is 18.9 Å². The third kappa shape index (κ3) is 3.38. The number of carbonyl (C=O) groups excluding carboxylic acids is 1. The summed E-state index contributed by atoms with van der Waals surface area (Å²) in [5.74, 6) is -0.461. The maximum atomic E-state index is 12.8. The Hall–Kier alpha value is -2.47. The van der Waals surface area contributed by atoms with Crippen LogP contribution in [0.2, 0.25) is 5.02 Å². The molecule has 2 aromatic carbocycles. The number of para-hydroxylation sites is 1. The van der Waals surface area contributed by atoms with Crippen LogP contribution in [0.1, 0.15) is 5.56 Å². The molecule has 0 aliphatic heterocycles. The highest BCUT2D eigenvalue weighted by Gasteiger charge is 2.31. The molecule has 1 amide bonds. The molecule has 3 nitrogen and oxygen atoms in total. The summed E-state index contributed by atoms with van der Waals surface area (Å²) in [5, 5.41) is 3.46. The van der Waals surface area contributed by atoms with Crippen LogP contribution >= 0.6 is 11.6 Å². The molecule has 0 radical (unpaired) electrons. The number of hydrogen-bond donors (Lipinski definition) is 1. The summed E-state index contributed by atoms with van der Waals surface area (Å²) in [5.41, 5.74) is -0.0654. The van der Waals surface area contributed by atoms with Crippen LogP contribution in [-0.4, -0.2) is 10.5 Å². The number of nitrogens with one attached hydrogen (secondary N) is 1. The minimum absolute atomic E-state index is 0.0277. The molecule has 0 atom stereocenters. The fourth-order valence-corrected chi connectivity index (χ4v) is 2.59. The molecule has 1 N–H and O–H groups in total. The Labute approximate surface area is 140 Å². The number of halogens is 4. The van der Waals surface area contributed by atoms with Crippen LogP contribution in [0, 0.1) is 0 Å². The number of carbonyl (C=O) groups is 1. The summed E-state index contributed by atoms with van der Waals surface area (Å²) in [6.07, 6.45) is -2.75. The summed E-state index contributed by atoms with van der Waals surface area (Å²) in [7, 11) is 0. The smallest absolute Gasteiger partial charge is 0.338 e. The van der Waals surface area contributed by atoms with Gasteiger partial charge in [0, 0.05) is 11.7 Å². The average molecular weight is 353 g/mol. The van der Waals surface area contributed by atoms with E-state index < -0.39 is 17.6 Å². The number of benzene rings is 2. The summed E-state index contributed by atoms with van der Waals surface area (Å²) in [6, 6.07) is 12.2. The highest BCUT2D eigenvalue weighted by Crippen LogP contribution is 2.33. The van der Waals surface area contributed by atoms with Gasteiger partial charge in [-0.3, -0.25) is 4.79 Å². The first kappa shape index (κ1) is 16.4. The van der Waals surface area contributed by atoms with Gasteiger partial charge in [0.15, 0.2) is 0 Å². The third-order valence-electron chi connectivity index (χ3n) is 3.56. The quantitative estimate of drug-likeness (QED) is 0.710. The molecule has 0 fully saturated rings. The van der Waals surface area contributed by atoms with Gasteiger partial charge in [0.05, 0.1) is 16.3 Å². The summed E-state index contributed by atoms with van der Waals surface area (Å²) in [6.45, 7) is -0.0277. The van der Waals surface area contributed by atoms with Crippen molar-refractivity contribution >= 4 is 34.1 Å². The number of alkyl halides is 3. The molecule has 0 saturated carbocycles. The van der Waals surface area contributed by atoms with Gasteiger partial charge in [-0.2, -0.15) is 13.2 Å². The van der Waals surface area contributed by atoms with Gasteiger partial charge < -0.3 is 9.88 Å². The Kier molecular flexibility index (Phi) is 4.24. The van der Waals surface area contributed by atoms with Gasteiger partial charge in [-0.1, -0.05) is 29.8 Å². The molecule has 0 aliphatic rings. The highest BCUT2D eigenvalue weighted by atomic mass is 35.5. The summed E-state index contributed by atoms with van der Waals surface area (Å²) >= 11 is 5.88. The van der Waals surface area contributed by atoms with E-state index in [0.29, 0.717) is 0 Å². The van der Waals surface area contributed by atoms with Crippen molar-refractivity contribution in [3.8, 4) is 0 Å². The molecule has 1 aromatic heterocycles. The molecule has 3 rings (SSSR count). The van der Waals surface area contributed by atoms with E-state index >= 15 is 0 Å². The second-order valence-corrected chi connectivity index (χ2v) is 5.65. The van der Waals surface area contributed by atoms with Crippen molar-refractivity contribution in [2.45, 2.75) is 12.7 Å². The van der Waals surface area contributed by atoms with Crippen LogP contribution in [-0.2, 0) is 17.5 Å². The van der Waals surface area contributed by atoms with Crippen molar-refractivity contribution < 1.29 is 18.0 Å². The lowest BCUT2D eigenvalue weighted by Gasteiger charge is -2.12. The van der Waals surface area contributed by atoms with Crippen molar-refractivity contribution in [1.82, 2.24) is 4.57 Å². The molecule has 1 heterocycles. The van der Waals surface area contributed by atoms with E-state index in [4.69, 9.17) is 11.6 Å². The van der Waals surface area contributed by atoms with E-state index in [9.17, 15) is 18.0 Å². The highest BCUT2D eigenvalue weighted by molar-refractivity contribution is 6.33. The lowest BCUT2D eigenvalue weighted by atomic mass is 10.2. The molecular formula is C17H12ClF3N2O. The molecule has 0 saturated heterocycles. The van der Waals surface area contributed by atoms with Crippen molar-refractivity contribution in [2.24, 2.45) is 0 Å². The standard InChI is InChI=1S/C17H12ClF3N2O/c18-13-6-5-12(17(19,20)21)9-14(13)22-16(24)10-23-8-7-11-3-1-2-4-15(11)23/h1-9H,10H2,(H,22,24). The monoisotopic (exact) mass is 352 g/mol. The number of hydrogen-bond acceptors (Lipinski definition) is 1. The van der Waals surface area contributed by atoms with Crippen LogP contribution in [0.5, 0.6) is 0 Å². The molecule has 0 spiro atoms. The van der Waals surface area contributed by atoms with E-state index in [1.54, 1.807) is 10.8 Å². The SMILES string of the molecule is O=C(Cn1ccc2ccccc21)Nc1cc(C(F)(F)F)ccc1Cl. The van der Waals surface area contributed by atoms with Gasteiger partial charge >= 0.3 is 6.18 Å². The number of anilines is 1. The Morgan fingerprint density at radius 3 is 2.62 bits per heavy atom. The second-order valence-electron chi connectivity index (χ2n) is 5.24. The molecule has 0 bridgehead atoms. The molecule has 0 unspecified atom stereocenters. The molecule has 124 valence electrons. The van der Waals surface area contributed by atoms with E-state index in [2.05, 4.69) is 5.32 Å². The van der Waals surface area contributed by atoms with Gasteiger partial charge in [-0.25, -0.2) is 0 Å². The van der Waals surface area contributed by atoms with Crippen molar-refractivity contribution in [3.05, 3.63) is 65.3 Å². The molecule has 24 heavy (non-hydrogen) atoms. The minimum Gasteiger partial charge on any atom is -0.338 e. The number of nitrogens with zero attached hydrogens (tertiary/aromatic N) is 1. The Morgan fingerprint density at radius 2 is 1.88 bits per heavy atom. The van der Waals surface area contributed by atoms with Crippen LogP contribution in [0.3, 0.4) is 0 Å². The van der Waals surface area contributed by atoms with Crippen molar-refractivity contribution in [1.29, 1.82) is 0 Å². The van der Waals surface area contributed by atoms with E-state index in [-0.39, 0.29) is 17.3 Å². The fraction of sp³-hybridized carbons (Fsp3) is 0.118. The summed E-state index contributed by atoms with van der Waals surface area (Å²) in [4.78, 5) is 12.2. The van der Waals surface area contributed by atoms with Crippen LogP contribution < -0.4 is 5.32 Å². The maximum absolute atomic E-state index is 12.8. The zero-order valence-corrected chi connectivity index (χ0v) is 13.0. The van der Waals surface area contributed by atoms with Crippen LogP contribution in [0.15, 0.2) is 54.7 Å². The largest absolute Gasteiger partial charge is 0.416 e. The first-order valence-electron chi connectivity index (χ1n) is 7.05. The van der Waals surface area contributed by atoms with Gasteiger partial charge in [-0.05, 0) is 35.7 Å². The first-order chi connectivity index (χ1) is 11.3. The van der Waals surface area contributed by atoms with Gasteiger partial charge in [0.25, 0.3) is 0 Å². The average Bonchev–Trinajstić information content (AvgIpc) is 2.91. The first-order valence-corrected chi connectivity index (χ1v) is 7.43. The number of fused-ring (bicyclic) bond motifs is 1. The maximum Gasteiger partial charge on any atom is 0.416 e. The number of aromatic nitrogens is 1. The molecular weight excluding hydrogens is 341 g/mol. The Balaban J connectivity index is 1.80. The zero-order valence-electron chi connectivity index (χ0n) is 12.3. The third-order valence-corrected chi connectivity index (χ3v) is 3.89. The van der Waals surface area contributed by atoms with Crippen molar-refractivity contribution in [3.63, 3.8) is 0 Å². The molecule has 0 aliphatic carbocycles. The van der Waals surface area contributed by atoms with Crippen LogP contribution in [0.25, 0.3) is 10.9 Å². The lowest BCUT2D eigenvalue weighted by molar-refractivity contribution is -0.137. The van der Waals surface area contributed by atoms with Crippen molar-refractivity contribution in [2.75, 3.05) is 5.32 Å². The number of rotatable bonds is 3. The predicted octanol–water partition coefficient (Wildman–Crippen LogP) is 4.95. The predicted molar refractivity (Wildman–Crippen MR) is 87.0 cm³/mol. The van der Waals surface area contributed by atoms with Gasteiger partial charge in [0.2, 0.25) is 5.91 Å². The number of amides is 1. The van der Waals surface area contributed by atoms with Gasteiger partial charge in [-0.15, -0.1) is 0 Å². The van der Waals surface area contributed by atoms with Gasteiger partial charge in [0.1, 0.15) is 6.54 Å². The topological polar surface area (TPSA) is 34.0 Å². The molecule has 7 heteroatoms. The van der Waals surface area contributed by atoms with E-state index in [0.717, 1.165) is 29.1 Å². The normalized spacial score (nSPS) is 11.7. The zero-order chi connectivity index (χ0) is 17.3. The lowest BCUT2D eigenvalue weighted by Crippen LogP contribution is -2.19. The molecule has 3 aromatic rings. The Bertz CT molecular complexity index is 902.